The summed E-state index contributed by atoms with van der Waals surface area (Å²) in [5.41, 5.74) is 0. The zero-order chi connectivity index (χ0) is 7.14. The van der Waals surface area contributed by atoms with Crippen molar-refractivity contribution in [2.75, 3.05) is 20.6 Å². The monoisotopic (exact) mass is 140 g/mol. The van der Waals surface area contributed by atoms with Crippen molar-refractivity contribution >= 4 is 0 Å². The molecule has 10 heavy (non-hydrogen) atoms. The molecule has 3 atom stereocenters. The third-order valence-corrected chi connectivity index (χ3v) is 2.96. The van der Waals surface area contributed by atoms with Gasteiger partial charge in [0.15, 0.2) is 0 Å². The number of piperidine rings is 1. The van der Waals surface area contributed by atoms with Crippen molar-refractivity contribution in [3.63, 3.8) is 0 Å². The number of hydrogen-bond acceptors (Lipinski definition) is 2. The van der Waals surface area contributed by atoms with E-state index in [-0.39, 0.29) is 0 Å². The van der Waals surface area contributed by atoms with Gasteiger partial charge in [-0.1, -0.05) is 0 Å². The minimum Gasteiger partial charge on any atom is -0.312 e. The van der Waals surface area contributed by atoms with Crippen LogP contribution in [0, 0.1) is 5.92 Å². The highest BCUT2D eigenvalue weighted by Gasteiger charge is 2.39. The number of likely N-dealkylation sites (N-methyl/N-ethyl adjacent to an activating group) is 1. The van der Waals surface area contributed by atoms with Gasteiger partial charge in [0.25, 0.3) is 0 Å². The van der Waals surface area contributed by atoms with E-state index >= 15 is 0 Å². The number of hydrogen-bond donors (Lipinski definition) is 1. The molecule has 1 heterocycles. The van der Waals surface area contributed by atoms with Crippen LogP contribution in [0.1, 0.15) is 12.8 Å². The zero-order valence-corrected chi connectivity index (χ0v) is 6.80. The van der Waals surface area contributed by atoms with Crippen molar-refractivity contribution in [1.29, 1.82) is 0 Å². The number of rotatable bonds is 1. The molecule has 2 aliphatic rings. The fourth-order valence-electron chi connectivity index (χ4n) is 2.39. The van der Waals surface area contributed by atoms with Crippen LogP contribution in [0.2, 0.25) is 0 Å². The Bertz CT molecular complexity index is 133. The lowest BCUT2D eigenvalue weighted by atomic mass is 10.1. The van der Waals surface area contributed by atoms with E-state index in [1.807, 2.05) is 0 Å². The van der Waals surface area contributed by atoms with E-state index in [1.165, 1.54) is 19.4 Å². The summed E-state index contributed by atoms with van der Waals surface area (Å²) in [7, 11) is 4.38. The van der Waals surface area contributed by atoms with Crippen molar-refractivity contribution < 1.29 is 0 Å². The largest absolute Gasteiger partial charge is 0.312 e. The lowest BCUT2D eigenvalue weighted by Crippen LogP contribution is -2.44. The standard InChI is InChI=1S/C8H16N2/c1-10(2)8-4-6-3-7(8)9-5-6/h6-9H,3-5H2,1-2H3. The second-order valence-electron chi connectivity index (χ2n) is 3.88. The summed E-state index contributed by atoms with van der Waals surface area (Å²) in [5, 5.41) is 3.55. The predicted octanol–water partition coefficient (Wildman–Crippen LogP) is 0.298. The molecule has 2 rings (SSSR count). The Morgan fingerprint density at radius 1 is 1.30 bits per heavy atom. The molecular weight excluding hydrogens is 124 g/mol. The van der Waals surface area contributed by atoms with Crippen LogP contribution in [0.3, 0.4) is 0 Å². The molecule has 0 radical (unpaired) electrons. The molecule has 0 aromatic carbocycles. The second-order valence-corrected chi connectivity index (χ2v) is 3.88. The maximum Gasteiger partial charge on any atom is 0.0246 e. The molecule has 0 spiro atoms. The highest BCUT2D eigenvalue weighted by Crippen LogP contribution is 2.33. The van der Waals surface area contributed by atoms with E-state index in [1.54, 1.807) is 0 Å². The van der Waals surface area contributed by atoms with Gasteiger partial charge in [-0.05, 0) is 39.4 Å². The Labute approximate surface area is 62.6 Å². The van der Waals surface area contributed by atoms with Crippen LogP contribution < -0.4 is 5.32 Å². The van der Waals surface area contributed by atoms with Gasteiger partial charge in [0.2, 0.25) is 0 Å². The molecule has 2 fully saturated rings. The van der Waals surface area contributed by atoms with Gasteiger partial charge in [0, 0.05) is 12.1 Å². The van der Waals surface area contributed by atoms with Crippen molar-refractivity contribution in [2.24, 2.45) is 5.92 Å². The second kappa shape index (κ2) is 2.21. The summed E-state index contributed by atoms with van der Waals surface area (Å²) in [6.07, 6.45) is 2.84. The summed E-state index contributed by atoms with van der Waals surface area (Å²) in [5.74, 6) is 0.984. The first kappa shape index (κ1) is 6.62. The molecule has 1 aliphatic carbocycles. The Kier molecular flexibility index (Phi) is 1.46. The van der Waals surface area contributed by atoms with Gasteiger partial charge >= 0.3 is 0 Å². The summed E-state index contributed by atoms with van der Waals surface area (Å²) < 4.78 is 0. The highest BCUT2D eigenvalue weighted by atomic mass is 15.2. The van der Waals surface area contributed by atoms with Crippen LogP contribution in [0.15, 0.2) is 0 Å². The van der Waals surface area contributed by atoms with E-state index < -0.39 is 0 Å². The van der Waals surface area contributed by atoms with Gasteiger partial charge < -0.3 is 10.2 Å². The number of fused-ring (bicyclic) bond motifs is 2. The molecule has 0 amide bonds. The Balaban J connectivity index is 2.02. The van der Waals surface area contributed by atoms with Crippen molar-refractivity contribution in [1.82, 2.24) is 10.2 Å². The van der Waals surface area contributed by atoms with Gasteiger partial charge in [-0.2, -0.15) is 0 Å². The lowest BCUT2D eigenvalue weighted by molar-refractivity contribution is 0.233. The van der Waals surface area contributed by atoms with Crippen LogP contribution in [0.5, 0.6) is 0 Å². The molecule has 1 saturated carbocycles. The van der Waals surface area contributed by atoms with Crippen molar-refractivity contribution in [3.8, 4) is 0 Å². The quantitative estimate of drug-likeness (QED) is 0.563. The zero-order valence-electron chi connectivity index (χ0n) is 6.80. The van der Waals surface area contributed by atoms with Crippen LogP contribution in [-0.2, 0) is 0 Å². The van der Waals surface area contributed by atoms with E-state index in [9.17, 15) is 0 Å². The van der Waals surface area contributed by atoms with Gasteiger partial charge in [0.1, 0.15) is 0 Å². The van der Waals surface area contributed by atoms with Crippen molar-refractivity contribution in [3.05, 3.63) is 0 Å². The highest BCUT2D eigenvalue weighted by molar-refractivity contribution is 4.99. The predicted molar refractivity (Wildman–Crippen MR) is 42.0 cm³/mol. The van der Waals surface area contributed by atoms with Gasteiger partial charge in [0.05, 0.1) is 0 Å². The molecule has 0 aromatic rings. The van der Waals surface area contributed by atoms with Crippen LogP contribution in [0.4, 0.5) is 0 Å². The first-order valence-corrected chi connectivity index (χ1v) is 4.17. The molecular formula is C8H16N2. The minimum absolute atomic E-state index is 0.806. The third-order valence-electron chi connectivity index (χ3n) is 2.96. The molecule has 2 nitrogen and oxygen atoms in total. The molecule has 2 bridgehead atoms. The molecule has 1 N–H and O–H groups in total. The Morgan fingerprint density at radius 3 is 2.40 bits per heavy atom. The molecule has 2 heteroatoms. The summed E-state index contributed by atoms with van der Waals surface area (Å²) in [6.45, 7) is 1.27. The summed E-state index contributed by atoms with van der Waals surface area (Å²) >= 11 is 0. The fourth-order valence-corrected chi connectivity index (χ4v) is 2.39. The molecule has 1 saturated heterocycles. The lowest BCUT2D eigenvalue weighted by Gasteiger charge is -2.28. The average molecular weight is 140 g/mol. The minimum atomic E-state index is 0.806. The first-order valence-electron chi connectivity index (χ1n) is 4.17. The van der Waals surface area contributed by atoms with E-state index in [0.717, 1.165) is 18.0 Å². The molecule has 0 aromatic heterocycles. The maximum atomic E-state index is 3.55. The maximum absolute atomic E-state index is 3.55. The first-order chi connectivity index (χ1) is 4.77. The van der Waals surface area contributed by atoms with Crippen LogP contribution in [0.25, 0.3) is 0 Å². The normalized spacial score (nSPS) is 45.3. The van der Waals surface area contributed by atoms with Gasteiger partial charge in [-0.3, -0.25) is 0 Å². The van der Waals surface area contributed by atoms with Gasteiger partial charge in [-0.25, -0.2) is 0 Å². The SMILES string of the molecule is CN(C)C1CC2CNC1C2. The van der Waals surface area contributed by atoms with Gasteiger partial charge in [-0.15, -0.1) is 0 Å². The number of nitrogens with one attached hydrogen (secondary N) is 1. The topological polar surface area (TPSA) is 15.3 Å². The fraction of sp³-hybridized carbons (Fsp3) is 1.00. The molecule has 1 aliphatic heterocycles. The smallest absolute Gasteiger partial charge is 0.0246 e. The number of nitrogens with zero attached hydrogens (tertiary/aromatic N) is 1. The molecule has 58 valence electrons. The third kappa shape index (κ3) is 0.867. The summed E-state index contributed by atoms with van der Waals surface area (Å²) in [6, 6.07) is 1.62. The van der Waals surface area contributed by atoms with E-state index in [4.69, 9.17) is 0 Å². The van der Waals surface area contributed by atoms with Crippen LogP contribution >= 0.6 is 0 Å². The van der Waals surface area contributed by atoms with E-state index in [2.05, 4.69) is 24.3 Å². The Hall–Kier alpha value is -0.0800. The summed E-state index contributed by atoms with van der Waals surface area (Å²) in [4.78, 5) is 2.36. The molecule has 3 unspecified atom stereocenters. The van der Waals surface area contributed by atoms with Crippen molar-refractivity contribution in [2.45, 2.75) is 24.9 Å². The average Bonchev–Trinajstić information content (AvgIpc) is 2.44. The van der Waals surface area contributed by atoms with Crippen LogP contribution in [-0.4, -0.2) is 37.6 Å². The van der Waals surface area contributed by atoms with E-state index in [0.29, 0.717) is 0 Å². The Morgan fingerprint density at radius 2 is 2.10 bits per heavy atom.